The van der Waals surface area contributed by atoms with Crippen LogP contribution in [-0.2, 0) is 14.3 Å². The average Bonchev–Trinajstić information content (AvgIpc) is 3.60. The van der Waals surface area contributed by atoms with Crippen LogP contribution in [0.25, 0.3) is 0 Å². The number of hydrogen-bond donors (Lipinski definition) is 3. The summed E-state index contributed by atoms with van der Waals surface area (Å²) in [4.78, 5) is 11.7. The number of carbonyl (C=O) groups excluding carboxylic acids is 1. The minimum absolute atomic E-state index is 0.0748. The smallest absolute Gasteiger partial charge is 0.334 e. The van der Waals surface area contributed by atoms with Crippen molar-refractivity contribution in [2.75, 3.05) is 0 Å². The van der Waals surface area contributed by atoms with Gasteiger partial charge in [0.25, 0.3) is 0 Å². The fourth-order valence-corrected chi connectivity index (χ4v) is 6.43. The van der Waals surface area contributed by atoms with E-state index in [0.29, 0.717) is 19.3 Å². The van der Waals surface area contributed by atoms with Gasteiger partial charge in [0, 0.05) is 5.57 Å². The Hall–Kier alpha value is -1.21. The van der Waals surface area contributed by atoms with Crippen LogP contribution < -0.4 is 0 Å². The van der Waals surface area contributed by atoms with Gasteiger partial charge in [0.15, 0.2) is 0 Å². The third kappa shape index (κ3) is 17.8. The molecule has 0 aromatic heterocycles. The Labute approximate surface area is 263 Å². The lowest BCUT2D eigenvalue weighted by Crippen LogP contribution is -2.31. The van der Waals surface area contributed by atoms with Crippen molar-refractivity contribution in [3.05, 3.63) is 23.8 Å². The van der Waals surface area contributed by atoms with Gasteiger partial charge in [0.05, 0.1) is 30.5 Å². The highest BCUT2D eigenvalue weighted by Crippen LogP contribution is 2.28. The van der Waals surface area contributed by atoms with Gasteiger partial charge >= 0.3 is 5.97 Å². The number of rotatable bonds is 27. The summed E-state index contributed by atoms with van der Waals surface area (Å²) in [6, 6.07) is 0. The molecular formula is C37H66O6. The van der Waals surface area contributed by atoms with Crippen molar-refractivity contribution in [1.29, 1.82) is 0 Å². The molecule has 1 saturated heterocycles. The lowest BCUT2D eigenvalue weighted by Gasteiger charge is -2.22. The zero-order valence-corrected chi connectivity index (χ0v) is 27.7. The molecule has 0 radical (unpaired) electrons. The van der Waals surface area contributed by atoms with Crippen molar-refractivity contribution in [3.8, 4) is 0 Å². The first-order valence-electron chi connectivity index (χ1n) is 18.2. The zero-order chi connectivity index (χ0) is 31.1. The highest BCUT2D eigenvalue weighted by atomic mass is 16.5. The van der Waals surface area contributed by atoms with E-state index < -0.39 is 18.3 Å². The number of aliphatic hydroxyl groups is 3. The number of aliphatic hydroxyl groups excluding tert-OH is 3. The summed E-state index contributed by atoms with van der Waals surface area (Å²) in [5, 5.41) is 31.4. The monoisotopic (exact) mass is 606 g/mol. The molecule has 1 fully saturated rings. The highest BCUT2D eigenvalue weighted by Gasteiger charge is 2.31. The lowest BCUT2D eigenvalue weighted by atomic mass is 9.98. The van der Waals surface area contributed by atoms with E-state index in [1.165, 1.54) is 64.2 Å². The second-order valence-corrected chi connectivity index (χ2v) is 13.3. The van der Waals surface area contributed by atoms with Gasteiger partial charge in [-0.25, -0.2) is 4.79 Å². The van der Waals surface area contributed by atoms with Crippen molar-refractivity contribution >= 4 is 5.97 Å². The summed E-state index contributed by atoms with van der Waals surface area (Å²) >= 11 is 0. The van der Waals surface area contributed by atoms with Gasteiger partial charge < -0.3 is 24.8 Å². The van der Waals surface area contributed by atoms with Gasteiger partial charge in [0.1, 0.15) is 6.10 Å². The van der Waals surface area contributed by atoms with Crippen LogP contribution in [0.4, 0.5) is 0 Å². The summed E-state index contributed by atoms with van der Waals surface area (Å²) in [5.41, 5.74) is 0.834. The maximum atomic E-state index is 11.7. The first-order chi connectivity index (χ1) is 20.9. The summed E-state index contributed by atoms with van der Waals surface area (Å²) in [7, 11) is 0. The Bertz CT molecular complexity index is 764. The van der Waals surface area contributed by atoms with Crippen molar-refractivity contribution in [2.24, 2.45) is 0 Å². The van der Waals surface area contributed by atoms with Crippen molar-refractivity contribution in [1.82, 2.24) is 0 Å². The molecule has 6 nitrogen and oxygen atoms in total. The van der Waals surface area contributed by atoms with Gasteiger partial charge in [-0.2, -0.15) is 0 Å². The van der Waals surface area contributed by atoms with E-state index in [1.54, 1.807) is 0 Å². The van der Waals surface area contributed by atoms with Gasteiger partial charge in [-0.1, -0.05) is 103 Å². The molecule has 0 aliphatic carbocycles. The number of carbonyl (C=O) groups is 1. The van der Waals surface area contributed by atoms with Crippen LogP contribution in [0.3, 0.4) is 0 Å². The maximum Gasteiger partial charge on any atom is 0.334 e. The number of ether oxygens (including phenoxy) is 2. The van der Waals surface area contributed by atoms with E-state index in [9.17, 15) is 20.1 Å². The van der Waals surface area contributed by atoms with E-state index in [4.69, 9.17) is 9.47 Å². The predicted octanol–water partition coefficient (Wildman–Crippen LogP) is 8.65. The van der Waals surface area contributed by atoms with Crippen LogP contribution in [0.5, 0.6) is 0 Å². The Morgan fingerprint density at radius 1 is 0.767 bits per heavy atom. The topological polar surface area (TPSA) is 96.2 Å². The molecule has 0 spiro atoms. The first kappa shape index (κ1) is 38.0. The Morgan fingerprint density at radius 2 is 1.37 bits per heavy atom. The fourth-order valence-electron chi connectivity index (χ4n) is 6.43. The summed E-state index contributed by atoms with van der Waals surface area (Å²) in [5.74, 6) is -0.147. The van der Waals surface area contributed by atoms with E-state index >= 15 is 0 Å². The van der Waals surface area contributed by atoms with E-state index in [2.05, 4.69) is 19.1 Å². The highest BCUT2D eigenvalue weighted by molar-refractivity contribution is 5.90. The molecular weight excluding hydrogens is 540 g/mol. The molecule has 0 aromatic rings. The molecule has 2 heterocycles. The molecule has 43 heavy (non-hydrogen) atoms. The predicted molar refractivity (Wildman–Crippen MR) is 176 cm³/mol. The fraction of sp³-hybridized carbons (Fsp3) is 0.865. The molecule has 0 bridgehead atoms. The number of esters is 1. The molecule has 2 aliphatic rings. The molecule has 6 heteroatoms. The molecule has 0 saturated carbocycles. The third-order valence-electron chi connectivity index (χ3n) is 9.26. The van der Waals surface area contributed by atoms with Gasteiger partial charge in [-0.05, 0) is 83.6 Å². The number of hydrogen-bond acceptors (Lipinski definition) is 6. The quantitative estimate of drug-likeness (QED) is 0.0492. The lowest BCUT2D eigenvalue weighted by molar-refractivity contribution is -0.139. The normalized spacial score (nSPS) is 22.7. The van der Waals surface area contributed by atoms with E-state index in [0.717, 1.165) is 76.2 Å². The molecule has 2 rings (SSSR count). The van der Waals surface area contributed by atoms with E-state index in [1.807, 2.05) is 13.0 Å². The first-order valence-corrected chi connectivity index (χ1v) is 18.2. The second kappa shape index (κ2) is 24.1. The van der Waals surface area contributed by atoms with Gasteiger partial charge in [0.2, 0.25) is 0 Å². The number of cyclic esters (lactones) is 1. The maximum absolute atomic E-state index is 11.7. The van der Waals surface area contributed by atoms with Crippen LogP contribution >= 0.6 is 0 Å². The number of allylic oxidation sites excluding steroid dienone is 2. The third-order valence-corrected chi connectivity index (χ3v) is 9.26. The summed E-state index contributed by atoms with van der Waals surface area (Å²) in [6.07, 6.45) is 30.2. The van der Waals surface area contributed by atoms with Crippen LogP contribution in [0.15, 0.2) is 23.8 Å². The van der Waals surface area contributed by atoms with Crippen molar-refractivity contribution in [3.63, 3.8) is 0 Å². The standard InChI is InChI=1S/C37H66O6/c1-3-4-5-6-7-8-9-10-11-12-13-14-18-21-24-33(38)34(39)26-27-35(40)36-28-25-32(43-36)23-20-17-15-16-19-22-31-29-30(2)42-37(31)41/h14,18,29-30,32-36,38-40H,3-13,15-17,19-28H2,1-2H3. The van der Waals surface area contributed by atoms with Crippen LogP contribution in [0.2, 0.25) is 0 Å². The molecule has 2 aliphatic heterocycles. The average molecular weight is 607 g/mol. The Kier molecular flexibility index (Phi) is 21.3. The zero-order valence-electron chi connectivity index (χ0n) is 27.7. The molecule has 250 valence electrons. The Balaban J connectivity index is 1.40. The summed E-state index contributed by atoms with van der Waals surface area (Å²) in [6.45, 7) is 4.16. The largest absolute Gasteiger partial charge is 0.455 e. The number of unbranched alkanes of at least 4 members (excludes halogenated alkanes) is 14. The Morgan fingerprint density at radius 3 is 2.05 bits per heavy atom. The second-order valence-electron chi connectivity index (χ2n) is 13.3. The van der Waals surface area contributed by atoms with Gasteiger partial charge in [-0.15, -0.1) is 0 Å². The van der Waals surface area contributed by atoms with E-state index in [-0.39, 0.29) is 24.3 Å². The molecule has 6 atom stereocenters. The minimum Gasteiger partial charge on any atom is -0.455 e. The molecule has 0 aromatic carbocycles. The molecule has 0 amide bonds. The van der Waals surface area contributed by atoms with Crippen LogP contribution in [0, 0.1) is 0 Å². The van der Waals surface area contributed by atoms with Crippen molar-refractivity contribution in [2.45, 2.75) is 205 Å². The minimum atomic E-state index is -0.804. The van der Waals surface area contributed by atoms with Crippen molar-refractivity contribution < 1.29 is 29.6 Å². The molecule has 3 N–H and O–H groups in total. The van der Waals surface area contributed by atoms with Crippen LogP contribution in [-0.4, -0.2) is 57.9 Å². The summed E-state index contributed by atoms with van der Waals surface area (Å²) < 4.78 is 11.3. The SMILES string of the molecule is CCCCCCCCCCCCC=CCCC(O)C(O)CCC(O)C1CCC(CCCCCCCC2=CC(C)OC2=O)O1. The van der Waals surface area contributed by atoms with Crippen LogP contribution in [0.1, 0.15) is 168 Å². The molecule has 6 unspecified atom stereocenters. The van der Waals surface area contributed by atoms with Gasteiger partial charge in [-0.3, -0.25) is 0 Å².